The molecule has 2 fully saturated rings. The second-order valence-corrected chi connectivity index (χ2v) is 20.8. The number of carbonyl (C=O) groups is 7. The molecule has 4 atom stereocenters. The van der Waals surface area contributed by atoms with Crippen LogP contribution in [0, 0.1) is 10.8 Å². The number of nitrogens with one attached hydrogen (secondary N) is 5. The first-order chi connectivity index (χ1) is 32.8. The monoisotopic (exact) mass is 969 g/mol. The molecule has 2 aliphatic heterocycles. The minimum atomic E-state index is -1.76. The van der Waals surface area contributed by atoms with E-state index in [9.17, 15) is 33.6 Å². The van der Waals surface area contributed by atoms with Gasteiger partial charge in [0.2, 0.25) is 23.6 Å². The number of carbonyl (C=O) groups excluding carboxylic acids is 7. The van der Waals surface area contributed by atoms with Gasteiger partial charge in [0.1, 0.15) is 23.8 Å². The summed E-state index contributed by atoms with van der Waals surface area (Å²) < 4.78 is 22.2. The number of amides is 5. The van der Waals surface area contributed by atoms with Crippen molar-refractivity contribution in [3.05, 3.63) is 107 Å². The molecule has 0 bridgehead atoms. The molecule has 370 valence electrons. The molecule has 2 saturated heterocycles. The quantitative estimate of drug-likeness (QED) is 0.0403. The van der Waals surface area contributed by atoms with Crippen LogP contribution in [0.1, 0.15) is 107 Å². The summed E-state index contributed by atoms with van der Waals surface area (Å²) in [5, 5.41) is 12.7. The van der Waals surface area contributed by atoms with Gasteiger partial charge in [0.25, 0.3) is 5.91 Å². The zero-order valence-electron chi connectivity index (χ0n) is 40.0. The van der Waals surface area contributed by atoms with Gasteiger partial charge >= 0.3 is 11.9 Å². The van der Waals surface area contributed by atoms with E-state index in [4.69, 9.17) is 24.3 Å². The van der Waals surface area contributed by atoms with Crippen LogP contribution in [0.25, 0.3) is 10.9 Å². The first kappa shape index (κ1) is 52.2. The smallest absolute Gasteiger partial charge is 0.313 e. The van der Waals surface area contributed by atoms with Gasteiger partial charge in [0.15, 0.2) is 22.0 Å². The Morgan fingerprint density at radius 2 is 1.41 bits per heavy atom. The predicted molar refractivity (Wildman–Crippen MR) is 258 cm³/mol. The molecule has 1 aromatic heterocycles. The van der Waals surface area contributed by atoms with Crippen molar-refractivity contribution >= 4 is 60.8 Å². The van der Waals surface area contributed by atoms with E-state index >= 15 is 0 Å². The third kappa shape index (κ3) is 14.4. The largest absolute Gasteiger partial charge is 0.438 e. The summed E-state index contributed by atoms with van der Waals surface area (Å²) in [7, 11) is -1.76. The summed E-state index contributed by atoms with van der Waals surface area (Å²) in [6.45, 7) is 10.2. The number of nitrogens with zero attached hydrogens (tertiary/aromatic N) is 1. The van der Waals surface area contributed by atoms with Crippen molar-refractivity contribution < 1.29 is 52.1 Å². The Hall–Kier alpha value is -6.20. The Bertz CT molecular complexity index is 2380. The van der Waals surface area contributed by atoms with Gasteiger partial charge in [-0.25, -0.2) is 0 Å². The van der Waals surface area contributed by atoms with Gasteiger partial charge in [-0.1, -0.05) is 66.7 Å². The Balaban J connectivity index is 1.13. The van der Waals surface area contributed by atoms with E-state index < -0.39 is 84.8 Å². The van der Waals surface area contributed by atoms with E-state index in [1.54, 1.807) is 53.7 Å². The predicted octanol–water partition coefficient (Wildman–Crippen LogP) is 5.21. The summed E-state index contributed by atoms with van der Waals surface area (Å²) in [5.74, 6) is -3.61. The number of H-pyrrole nitrogens is 1. The van der Waals surface area contributed by atoms with Crippen molar-refractivity contribution in [2.75, 3.05) is 26.7 Å². The van der Waals surface area contributed by atoms with Crippen molar-refractivity contribution in [2.24, 2.45) is 16.6 Å². The van der Waals surface area contributed by atoms with E-state index in [-0.39, 0.29) is 50.9 Å². The van der Waals surface area contributed by atoms with Crippen molar-refractivity contribution in [1.82, 2.24) is 31.2 Å². The summed E-state index contributed by atoms with van der Waals surface area (Å²) >= 11 is 0. The summed E-state index contributed by atoms with van der Waals surface area (Å²) in [5.41, 5.74) is 7.24. The second-order valence-electron chi connectivity index (χ2n) is 19.3. The number of nitrogens with two attached hydrogens (primary N) is 1. The van der Waals surface area contributed by atoms with E-state index in [0.29, 0.717) is 36.7 Å². The number of hydrogen-bond acceptors (Lipinski definition) is 12. The fraction of sp³-hybridized carbons (Fsp3) is 0.460. The summed E-state index contributed by atoms with van der Waals surface area (Å²) in [6, 6.07) is 21.9. The molecule has 2 aliphatic rings. The highest BCUT2D eigenvalue weighted by atomic mass is 31.2. The maximum absolute atomic E-state index is 14.5. The Kier molecular flexibility index (Phi) is 17.7. The van der Waals surface area contributed by atoms with Crippen molar-refractivity contribution in [1.29, 1.82) is 0 Å². The SMILES string of the molecule is CC(C)(C)C(=O)OCOP(Cc1ccc2[nH]c(C(=O)NC3CNCC[C@H]4CCC(C(=O)NC(CCC(N)=O)C(=O)NC(c5ccccc5)c5ccccc5)N4C3=O)cc2c1)OCOC(=O)C(C)(C)C. The van der Waals surface area contributed by atoms with E-state index in [2.05, 4.69) is 26.3 Å². The van der Waals surface area contributed by atoms with Crippen LogP contribution >= 0.6 is 8.38 Å². The van der Waals surface area contributed by atoms with Gasteiger partial charge in [0.05, 0.1) is 16.9 Å². The molecule has 18 nitrogen and oxygen atoms in total. The van der Waals surface area contributed by atoms with Gasteiger partial charge in [-0.05, 0) is 109 Å². The summed E-state index contributed by atoms with van der Waals surface area (Å²) in [4.78, 5) is 98.0. The maximum atomic E-state index is 14.5. The number of benzene rings is 3. The number of aromatic amines is 1. The number of esters is 2. The molecule has 69 heavy (non-hydrogen) atoms. The molecule has 19 heteroatoms. The summed E-state index contributed by atoms with van der Waals surface area (Å²) in [6.07, 6.45) is 1.43. The molecule has 3 aromatic carbocycles. The molecule has 0 spiro atoms. The lowest BCUT2D eigenvalue weighted by atomic mass is 9.98. The standard InChI is InChI=1S/C50H64N7O11P/c1-49(2,3)47(63)65-29-67-69(68-30-66-48(64)50(4,5)6)28-31-17-19-36-34(25-31)26-38(53-36)44(60)55-39-27-52-24-23-35-18-21-40(57(35)46(39)62)45(61)54-37(20-22-41(51)58)43(59)56-42(32-13-9-7-10-14-32)33-15-11-8-12-16-33/h7-17,19,25-26,35,37,39-40,42,52-53H,18,20-24,27-30H2,1-6H3,(H2,51,58)(H,54,61)(H,55,60)(H,56,59)/t35-,37?,39?,40?/m1/s1. The lowest BCUT2D eigenvalue weighted by Gasteiger charge is -2.36. The molecule has 3 unspecified atom stereocenters. The topological polar surface area (TPSA) is 250 Å². The number of rotatable bonds is 19. The van der Waals surface area contributed by atoms with Crippen LogP contribution in [0.3, 0.4) is 0 Å². The molecule has 6 rings (SSSR count). The zero-order chi connectivity index (χ0) is 49.9. The fourth-order valence-corrected chi connectivity index (χ4v) is 9.09. The Morgan fingerprint density at radius 3 is 1.99 bits per heavy atom. The molecule has 7 N–H and O–H groups in total. The lowest BCUT2D eigenvalue weighted by molar-refractivity contribution is -0.161. The van der Waals surface area contributed by atoms with Crippen LogP contribution in [0.15, 0.2) is 84.9 Å². The van der Waals surface area contributed by atoms with Gasteiger partial charge in [-0.2, -0.15) is 0 Å². The number of fused-ring (bicyclic) bond motifs is 2. The number of hydrogen-bond donors (Lipinski definition) is 6. The van der Waals surface area contributed by atoms with Crippen molar-refractivity contribution in [3.8, 4) is 0 Å². The number of ether oxygens (including phenoxy) is 2. The van der Waals surface area contributed by atoms with Gasteiger partial charge in [0, 0.05) is 36.1 Å². The average molecular weight is 970 g/mol. The van der Waals surface area contributed by atoms with Crippen LogP contribution in [-0.4, -0.2) is 102 Å². The third-order valence-electron chi connectivity index (χ3n) is 11.8. The number of aromatic nitrogens is 1. The minimum Gasteiger partial charge on any atom is -0.438 e. The second kappa shape index (κ2) is 23.4. The van der Waals surface area contributed by atoms with Crippen molar-refractivity contribution in [2.45, 2.75) is 110 Å². The molecule has 0 saturated carbocycles. The van der Waals surface area contributed by atoms with Crippen molar-refractivity contribution in [3.63, 3.8) is 0 Å². The first-order valence-corrected chi connectivity index (χ1v) is 24.5. The van der Waals surface area contributed by atoms with Crippen LogP contribution in [0.5, 0.6) is 0 Å². The minimum absolute atomic E-state index is 0.0610. The molecule has 3 heterocycles. The Morgan fingerprint density at radius 1 is 0.797 bits per heavy atom. The van der Waals surface area contributed by atoms with E-state index in [1.807, 2.05) is 72.8 Å². The van der Waals surface area contributed by atoms with Gasteiger partial charge in [-0.15, -0.1) is 0 Å². The first-order valence-electron chi connectivity index (χ1n) is 23.1. The zero-order valence-corrected chi connectivity index (χ0v) is 40.9. The highest BCUT2D eigenvalue weighted by molar-refractivity contribution is 7.46. The molecule has 0 radical (unpaired) electrons. The molecular formula is C50H64N7O11P. The van der Waals surface area contributed by atoms with Gasteiger partial charge in [-0.3, -0.25) is 42.6 Å². The average Bonchev–Trinajstić information content (AvgIpc) is 3.94. The van der Waals surface area contributed by atoms with E-state index in [1.165, 1.54) is 4.90 Å². The highest BCUT2D eigenvalue weighted by Crippen LogP contribution is 2.43. The van der Waals surface area contributed by atoms with Gasteiger partial charge < -0.3 is 46.4 Å². The maximum Gasteiger partial charge on any atom is 0.313 e. The van der Waals surface area contributed by atoms with Crippen LogP contribution < -0.4 is 27.0 Å². The normalized spacial score (nSPS) is 17.9. The lowest BCUT2D eigenvalue weighted by Crippen LogP contribution is -2.61. The molecule has 4 aromatic rings. The van der Waals surface area contributed by atoms with Crippen LogP contribution in [-0.2, 0) is 53.5 Å². The number of primary amides is 1. The van der Waals surface area contributed by atoms with E-state index in [0.717, 1.165) is 16.7 Å². The molecular weight excluding hydrogens is 906 g/mol. The molecule has 5 amide bonds. The highest BCUT2D eigenvalue weighted by Gasteiger charge is 2.45. The Labute approximate surface area is 403 Å². The fourth-order valence-electron chi connectivity index (χ4n) is 8.00. The van der Waals surface area contributed by atoms with Crippen LogP contribution in [0.4, 0.5) is 0 Å². The molecule has 0 aliphatic carbocycles. The third-order valence-corrected chi connectivity index (χ3v) is 13.2. The van der Waals surface area contributed by atoms with Crippen LogP contribution in [0.2, 0.25) is 0 Å².